The van der Waals surface area contributed by atoms with Gasteiger partial charge >= 0.3 is 5.63 Å². The molecule has 5 aromatic rings. The zero-order chi connectivity index (χ0) is 21.0. The lowest BCUT2D eigenvalue weighted by molar-refractivity contribution is 0.563. The Balaban J connectivity index is 1.60. The molecule has 0 spiro atoms. The lowest BCUT2D eigenvalue weighted by atomic mass is 10.1. The number of rotatable bonds is 5. The summed E-state index contributed by atoms with van der Waals surface area (Å²) in [5, 5.41) is 9.85. The normalized spacial score (nSPS) is 11.2. The molecule has 31 heavy (non-hydrogen) atoms. The highest BCUT2D eigenvalue weighted by Crippen LogP contribution is 2.23. The zero-order valence-electron chi connectivity index (χ0n) is 16.5. The molecule has 1 N–H and O–H groups in total. The number of aromatic nitrogens is 2. The van der Waals surface area contributed by atoms with Crippen LogP contribution in [0, 0.1) is 0 Å². The Hall–Kier alpha value is -4.45. The highest BCUT2D eigenvalue weighted by Gasteiger charge is 2.16. The highest BCUT2D eigenvalue weighted by atomic mass is 16.4. The van der Waals surface area contributed by atoms with Crippen molar-refractivity contribution in [3.05, 3.63) is 113 Å². The summed E-state index contributed by atoms with van der Waals surface area (Å²) in [6, 6.07) is 28.6. The average Bonchev–Trinajstić information content (AvgIpc) is 3.24. The first-order valence-corrected chi connectivity index (χ1v) is 9.80. The maximum absolute atomic E-state index is 12.8. The van der Waals surface area contributed by atoms with Gasteiger partial charge in [0, 0.05) is 17.1 Å². The molecule has 0 aliphatic rings. The maximum Gasteiger partial charge on any atom is 0.345 e. The summed E-state index contributed by atoms with van der Waals surface area (Å²) < 4.78 is 7.26. The van der Waals surface area contributed by atoms with Gasteiger partial charge in [-0.15, -0.1) is 0 Å². The monoisotopic (exact) mass is 406 g/mol. The van der Waals surface area contributed by atoms with E-state index >= 15 is 0 Å². The van der Waals surface area contributed by atoms with Crippen molar-refractivity contribution in [2.45, 2.75) is 0 Å². The second kappa shape index (κ2) is 8.12. The van der Waals surface area contributed by atoms with E-state index in [1.54, 1.807) is 23.0 Å². The molecule has 0 aliphatic heterocycles. The predicted molar refractivity (Wildman–Crippen MR) is 123 cm³/mol. The number of nitrogens with zero attached hydrogens (tertiary/aromatic N) is 3. The molecular formula is C25H18N4O2. The Morgan fingerprint density at radius 1 is 0.903 bits per heavy atom. The van der Waals surface area contributed by atoms with Crippen LogP contribution >= 0.6 is 0 Å². The van der Waals surface area contributed by atoms with Gasteiger partial charge in [-0.05, 0) is 36.4 Å². The summed E-state index contributed by atoms with van der Waals surface area (Å²) in [4.78, 5) is 12.8. The fraction of sp³-hybridized carbons (Fsp3) is 0. The van der Waals surface area contributed by atoms with Crippen molar-refractivity contribution in [1.82, 2.24) is 9.78 Å². The number of para-hydroxylation sites is 3. The number of benzene rings is 3. The van der Waals surface area contributed by atoms with Crippen molar-refractivity contribution in [2.75, 3.05) is 5.43 Å². The van der Waals surface area contributed by atoms with Crippen molar-refractivity contribution >= 4 is 22.9 Å². The summed E-state index contributed by atoms with van der Waals surface area (Å²) in [7, 11) is 0. The van der Waals surface area contributed by atoms with Gasteiger partial charge in [-0.3, -0.25) is 5.43 Å². The third kappa shape index (κ3) is 3.86. The Morgan fingerprint density at radius 2 is 1.61 bits per heavy atom. The molecule has 0 atom stereocenters. The SMILES string of the molecule is O=c1oc2ccccc2cc1-c1nn(-c2ccccc2)cc1/C=N\Nc1ccccc1. The first-order chi connectivity index (χ1) is 15.3. The molecule has 0 bridgehead atoms. The molecule has 0 fully saturated rings. The summed E-state index contributed by atoms with van der Waals surface area (Å²) in [6.07, 6.45) is 3.50. The molecule has 3 aromatic carbocycles. The second-order valence-corrected chi connectivity index (χ2v) is 6.93. The van der Waals surface area contributed by atoms with E-state index in [4.69, 9.17) is 4.42 Å². The fourth-order valence-corrected chi connectivity index (χ4v) is 3.32. The van der Waals surface area contributed by atoms with Crippen LogP contribution in [0.3, 0.4) is 0 Å². The molecule has 2 heterocycles. The number of anilines is 1. The lowest BCUT2D eigenvalue weighted by Crippen LogP contribution is -2.05. The summed E-state index contributed by atoms with van der Waals surface area (Å²) >= 11 is 0. The first kappa shape index (κ1) is 18.6. The molecule has 5 rings (SSSR count). The molecule has 0 amide bonds. The molecule has 0 radical (unpaired) electrons. The molecule has 6 heteroatoms. The molecule has 0 saturated heterocycles. The quantitative estimate of drug-likeness (QED) is 0.251. The van der Waals surface area contributed by atoms with Gasteiger partial charge in [-0.2, -0.15) is 10.2 Å². The Bertz CT molecular complexity index is 1420. The van der Waals surface area contributed by atoms with Crippen LogP contribution in [0.25, 0.3) is 27.9 Å². The Morgan fingerprint density at radius 3 is 2.42 bits per heavy atom. The van der Waals surface area contributed by atoms with Crippen LogP contribution in [0.15, 0.2) is 112 Å². The Labute approximate surface area is 178 Å². The third-order valence-electron chi connectivity index (χ3n) is 4.83. The van der Waals surface area contributed by atoms with Gasteiger partial charge in [0.1, 0.15) is 11.3 Å². The molecule has 0 unspecified atom stereocenters. The maximum atomic E-state index is 12.8. The van der Waals surface area contributed by atoms with E-state index in [9.17, 15) is 4.79 Å². The van der Waals surface area contributed by atoms with Gasteiger partial charge in [-0.25, -0.2) is 9.48 Å². The van der Waals surface area contributed by atoms with Gasteiger partial charge in [0.15, 0.2) is 0 Å². The van der Waals surface area contributed by atoms with Crippen molar-refractivity contribution in [1.29, 1.82) is 0 Å². The Kier molecular flexibility index (Phi) is 4.86. The molecule has 0 aliphatic carbocycles. The standard InChI is InChI=1S/C25H18N4O2/c30-25-22(15-18-9-7-8-14-23(18)31-25)24-19(16-26-27-20-10-3-1-4-11-20)17-29(28-24)21-12-5-2-6-13-21/h1-17,27H/b26-16-. The predicted octanol–water partition coefficient (Wildman–Crippen LogP) is 5.09. The molecule has 0 saturated carbocycles. The van der Waals surface area contributed by atoms with Crippen LogP contribution in [0.1, 0.15) is 5.56 Å². The first-order valence-electron chi connectivity index (χ1n) is 9.80. The van der Waals surface area contributed by atoms with Crippen LogP contribution in [0.4, 0.5) is 5.69 Å². The van der Waals surface area contributed by atoms with Gasteiger partial charge < -0.3 is 4.42 Å². The average molecular weight is 406 g/mol. The number of hydrogen-bond acceptors (Lipinski definition) is 5. The van der Waals surface area contributed by atoms with Crippen LogP contribution in [-0.2, 0) is 0 Å². The molecule has 6 nitrogen and oxygen atoms in total. The van der Waals surface area contributed by atoms with Crippen LogP contribution in [0.2, 0.25) is 0 Å². The van der Waals surface area contributed by atoms with E-state index < -0.39 is 5.63 Å². The summed E-state index contributed by atoms with van der Waals surface area (Å²) in [5.74, 6) is 0. The summed E-state index contributed by atoms with van der Waals surface area (Å²) in [6.45, 7) is 0. The van der Waals surface area contributed by atoms with Gasteiger partial charge in [0.05, 0.1) is 23.2 Å². The minimum atomic E-state index is -0.442. The van der Waals surface area contributed by atoms with Crippen molar-refractivity contribution in [3.63, 3.8) is 0 Å². The minimum absolute atomic E-state index is 0.384. The van der Waals surface area contributed by atoms with Gasteiger partial charge in [0.2, 0.25) is 0 Å². The van der Waals surface area contributed by atoms with E-state index in [1.807, 2.05) is 85.1 Å². The molecule has 2 aromatic heterocycles. The highest BCUT2D eigenvalue weighted by molar-refractivity contribution is 5.91. The fourth-order valence-electron chi connectivity index (χ4n) is 3.32. The lowest BCUT2D eigenvalue weighted by Gasteiger charge is -2.02. The second-order valence-electron chi connectivity index (χ2n) is 6.93. The van der Waals surface area contributed by atoms with E-state index in [2.05, 4.69) is 15.6 Å². The van der Waals surface area contributed by atoms with Crippen LogP contribution in [-0.4, -0.2) is 16.0 Å². The van der Waals surface area contributed by atoms with Gasteiger partial charge in [-0.1, -0.05) is 54.6 Å². The van der Waals surface area contributed by atoms with Crippen molar-refractivity contribution in [3.8, 4) is 16.9 Å². The van der Waals surface area contributed by atoms with Crippen LogP contribution in [0.5, 0.6) is 0 Å². The number of hydrogen-bond donors (Lipinski definition) is 1. The van der Waals surface area contributed by atoms with E-state index in [1.165, 1.54) is 0 Å². The van der Waals surface area contributed by atoms with E-state index in [0.717, 1.165) is 16.8 Å². The summed E-state index contributed by atoms with van der Waals surface area (Å²) in [5.41, 5.74) is 6.41. The van der Waals surface area contributed by atoms with Crippen LogP contribution < -0.4 is 11.1 Å². The number of nitrogens with one attached hydrogen (secondary N) is 1. The molecule has 150 valence electrons. The minimum Gasteiger partial charge on any atom is -0.422 e. The van der Waals surface area contributed by atoms with E-state index in [0.29, 0.717) is 22.4 Å². The smallest absolute Gasteiger partial charge is 0.345 e. The third-order valence-corrected chi connectivity index (χ3v) is 4.83. The zero-order valence-corrected chi connectivity index (χ0v) is 16.5. The number of hydrazone groups is 1. The topological polar surface area (TPSA) is 72.4 Å². The molecular weight excluding hydrogens is 388 g/mol. The van der Waals surface area contributed by atoms with Crippen molar-refractivity contribution in [2.24, 2.45) is 5.10 Å². The van der Waals surface area contributed by atoms with Gasteiger partial charge in [0.25, 0.3) is 0 Å². The van der Waals surface area contributed by atoms with Crippen molar-refractivity contribution < 1.29 is 4.42 Å². The van der Waals surface area contributed by atoms with E-state index in [-0.39, 0.29) is 0 Å². The largest absolute Gasteiger partial charge is 0.422 e. The number of fused-ring (bicyclic) bond motifs is 1.